The van der Waals surface area contributed by atoms with Crippen LogP contribution in [-0.4, -0.2) is 11.0 Å². The lowest BCUT2D eigenvalue weighted by molar-refractivity contribution is -0.116. The number of aryl methyl sites for hydroxylation is 2. The summed E-state index contributed by atoms with van der Waals surface area (Å²) in [5.41, 5.74) is 5.74. The molecule has 1 aliphatic heterocycles. The van der Waals surface area contributed by atoms with E-state index in [1.807, 2.05) is 84.9 Å². The largest absolute Gasteiger partial charge is 0.457 e. The minimum absolute atomic E-state index is 0.0797. The van der Waals surface area contributed by atoms with Crippen molar-refractivity contribution < 1.29 is 14.6 Å². The van der Waals surface area contributed by atoms with Gasteiger partial charge in [0.25, 0.3) is 0 Å². The fourth-order valence-corrected chi connectivity index (χ4v) is 5.05. The van der Waals surface area contributed by atoms with Crippen LogP contribution < -0.4 is 10.1 Å². The molecule has 5 rings (SSSR count). The molecule has 0 aliphatic carbocycles. The Bertz CT molecular complexity index is 1300. The second-order valence-corrected chi connectivity index (χ2v) is 9.26. The number of carbonyl (C=O) groups excluding carboxylic acids is 1. The molecule has 4 aromatic rings. The van der Waals surface area contributed by atoms with Crippen LogP contribution in [0.4, 0.5) is 5.69 Å². The molecule has 182 valence electrons. The summed E-state index contributed by atoms with van der Waals surface area (Å²) in [6.45, 7) is 2.07. The van der Waals surface area contributed by atoms with Gasteiger partial charge in [-0.3, -0.25) is 4.79 Å². The molecule has 0 fully saturated rings. The average Bonchev–Trinajstić information content (AvgIpc) is 2.92. The third-order valence-electron chi connectivity index (χ3n) is 6.93. The number of anilines is 1. The molecule has 1 heterocycles. The van der Waals surface area contributed by atoms with Gasteiger partial charge in [0.05, 0.1) is 6.10 Å². The number of hydrogen-bond donors (Lipinski definition) is 2. The Morgan fingerprint density at radius 3 is 2.17 bits per heavy atom. The molecular formula is C32H31NO3. The van der Waals surface area contributed by atoms with Crippen molar-refractivity contribution in [1.82, 2.24) is 0 Å². The summed E-state index contributed by atoms with van der Waals surface area (Å²) in [5, 5.41) is 14.3. The second-order valence-electron chi connectivity index (χ2n) is 9.26. The van der Waals surface area contributed by atoms with Gasteiger partial charge in [-0.25, -0.2) is 0 Å². The molecule has 0 bridgehead atoms. The number of carbonyl (C=O) groups is 1. The molecule has 1 unspecified atom stereocenters. The number of aliphatic hydroxyl groups is 1. The average molecular weight is 478 g/mol. The van der Waals surface area contributed by atoms with Gasteiger partial charge in [0.1, 0.15) is 11.5 Å². The summed E-state index contributed by atoms with van der Waals surface area (Å²) in [5.74, 6) is 1.40. The smallest absolute Gasteiger partial charge is 0.225 e. The van der Waals surface area contributed by atoms with E-state index in [-0.39, 0.29) is 18.2 Å². The second kappa shape index (κ2) is 10.8. The zero-order valence-corrected chi connectivity index (χ0v) is 20.5. The highest BCUT2D eigenvalue weighted by molar-refractivity contribution is 5.93. The molecule has 0 saturated heterocycles. The van der Waals surface area contributed by atoms with E-state index in [1.165, 1.54) is 5.56 Å². The van der Waals surface area contributed by atoms with Crippen LogP contribution in [0.2, 0.25) is 0 Å². The van der Waals surface area contributed by atoms with Crippen LogP contribution in [0.25, 0.3) is 0 Å². The molecule has 4 aromatic carbocycles. The van der Waals surface area contributed by atoms with Crippen LogP contribution in [0.3, 0.4) is 0 Å². The van der Waals surface area contributed by atoms with E-state index < -0.39 is 6.10 Å². The van der Waals surface area contributed by atoms with E-state index in [9.17, 15) is 9.90 Å². The molecule has 0 spiro atoms. The van der Waals surface area contributed by atoms with E-state index in [0.717, 1.165) is 52.3 Å². The molecule has 0 radical (unpaired) electrons. The Hall–Kier alpha value is -3.89. The van der Waals surface area contributed by atoms with Crippen LogP contribution >= 0.6 is 0 Å². The van der Waals surface area contributed by atoms with Crippen molar-refractivity contribution in [3.63, 3.8) is 0 Å². The van der Waals surface area contributed by atoms with E-state index in [1.54, 1.807) is 0 Å². The number of para-hydroxylation sites is 3. The maximum Gasteiger partial charge on any atom is 0.225 e. The van der Waals surface area contributed by atoms with E-state index in [0.29, 0.717) is 6.42 Å². The molecule has 0 saturated carbocycles. The Kier molecular flexibility index (Phi) is 7.15. The summed E-state index contributed by atoms with van der Waals surface area (Å²) in [6.07, 6.45) is 1.73. The Morgan fingerprint density at radius 1 is 0.861 bits per heavy atom. The van der Waals surface area contributed by atoms with Crippen LogP contribution in [0.15, 0.2) is 97.1 Å². The zero-order chi connectivity index (χ0) is 24.9. The van der Waals surface area contributed by atoms with E-state index >= 15 is 0 Å². The first kappa shape index (κ1) is 23.8. The standard InChI is InChI=1S/C32H31NO3/c1-2-23-13-10-16-26(28(34)20-19-22-11-4-3-5-12-22)32(23)33-31(35)21-27-24-14-6-8-17-29(24)36-30-18-9-7-15-25(27)30/h3-18,27-28,34H,2,19-21H2,1H3,(H,33,35). The van der Waals surface area contributed by atoms with E-state index in [4.69, 9.17) is 4.74 Å². The predicted molar refractivity (Wildman–Crippen MR) is 144 cm³/mol. The molecule has 1 atom stereocenters. The summed E-state index contributed by atoms with van der Waals surface area (Å²) >= 11 is 0. The van der Waals surface area contributed by atoms with Gasteiger partial charge in [-0.2, -0.15) is 0 Å². The van der Waals surface area contributed by atoms with Crippen molar-refractivity contribution >= 4 is 11.6 Å². The lowest BCUT2D eigenvalue weighted by Crippen LogP contribution is -2.21. The number of hydrogen-bond acceptors (Lipinski definition) is 3. The van der Waals surface area contributed by atoms with Gasteiger partial charge in [0.2, 0.25) is 5.91 Å². The topological polar surface area (TPSA) is 58.6 Å². The van der Waals surface area contributed by atoms with Gasteiger partial charge >= 0.3 is 0 Å². The highest BCUT2D eigenvalue weighted by atomic mass is 16.5. The summed E-state index contributed by atoms with van der Waals surface area (Å²) in [7, 11) is 0. The first-order valence-corrected chi connectivity index (χ1v) is 12.6. The van der Waals surface area contributed by atoms with Crippen molar-refractivity contribution in [2.24, 2.45) is 0 Å². The van der Waals surface area contributed by atoms with Gasteiger partial charge in [0.15, 0.2) is 0 Å². The monoisotopic (exact) mass is 477 g/mol. The van der Waals surface area contributed by atoms with Crippen molar-refractivity contribution in [2.45, 2.75) is 44.6 Å². The third kappa shape index (κ3) is 5.05. The number of rotatable bonds is 8. The lowest BCUT2D eigenvalue weighted by atomic mass is 9.85. The number of amides is 1. The first-order chi connectivity index (χ1) is 17.6. The van der Waals surface area contributed by atoms with Crippen molar-refractivity contribution in [3.05, 3.63) is 125 Å². The summed E-state index contributed by atoms with van der Waals surface area (Å²) < 4.78 is 6.09. The maximum atomic E-state index is 13.5. The quantitative estimate of drug-likeness (QED) is 0.283. The molecule has 4 nitrogen and oxygen atoms in total. The predicted octanol–water partition coefficient (Wildman–Crippen LogP) is 7.18. The molecule has 36 heavy (non-hydrogen) atoms. The maximum absolute atomic E-state index is 13.5. The van der Waals surface area contributed by atoms with Crippen molar-refractivity contribution in [1.29, 1.82) is 0 Å². The molecule has 2 N–H and O–H groups in total. The Morgan fingerprint density at radius 2 is 1.50 bits per heavy atom. The molecule has 4 heteroatoms. The molecule has 1 amide bonds. The third-order valence-corrected chi connectivity index (χ3v) is 6.93. The van der Waals surface area contributed by atoms with Crippen molar-refractivity contribution in [2.75, 3.05) is 5.32 Å². The first-order valence-electron chi connectivity index (χ1n) is 12.6. The van der Waals surface area contributed by atoms with Gasteiger partial charge < -0.3 is 15.2 Å². The van der Waals surface area contributed by atoms with Gasteiger partial charge in [-0.1, -0.05) is 91.9 Å². The van der Waals surface area contributed by atoms with Crippen LogP contribution in [0, 0.1) is 0 Å². The zero-order valence-electron chi connectivity index (χ0n) is 20.5. The minimum atomic E-state index is -0.670. The Balaban J connectivity index is 1.38. The summed E-state index contributed by atoms with van der Waals surface area (Å²) in [6, 6.07) is 31.9. The lowest BCUT2D eigenvalue weighted by Gasteiger charge is -2.28. The highest BCUT2D eigenvalue weighted by Crippen LogP contribution is 2.45. The van der Waals surface area contributed by atoms with Crippen LogP contribution in [-0.2, 0) is 17.6 Å². The summed E-state index contributed by atoms with van der Waals surface area (Å²) in [4.78, 5) is 13.5. The SMILES string of the molecule is CCc1cccc(C(O)CCc2ccccc2)c1NC(=O)CC1c2ccccc2Oc2ccccc21. The minimum Gasteiger partial charge on any atom is -0.457 e. The van der Waals surface area contributed by atoms with Gasteiger partial charge in [-0.15, -0.1) is 0 Å². The molecular weight excluding hydrogens is 446 g/mol. The molecule has 0 aromatic heterocycles. The van der Waals surface area contributed by atoms with Crippen LogP contribution in [0.1, 0.15) is 59.6 Å². The number of benzene rings is 4. The van der Waals surface area contributed by atoms with E-state index in [2.05, 4.69) is 24.4 Å². The number of ether oxygens (including phenoxy) is 1. The fourth-order valence-electron chi connectivity index (χ4n) is 5.05. The number of fused-ring (bicyclic) bond motifs is 2. The van der Waals surface area contributed by atoms with Crippen molar-refractivity contribution in [3.8, 4) is 11.5 Å². The van der Waals surface area contributed by atoms with Gasteiger partial charge in [-0.05, 0) is 42.5 Å². The fraction of sp³-hybridized carbons (Fsp3) is 0.219. The van der Waals surface area contributed by atoms with Gasteiger partial charge in [0, 0.05) is 34.7 Å². The number of aliphatic hydroxyl groups excluding tert-OH is 1. The molecule has 1 aliphatic rings. The number of nitrogens with one attached hydrogen (secondary N) is 1. The van der Waals surface area contributed by atoms with Crippen LogP contribution in [0.5, 0.6) is 11.5 Å². The Labute approximate surface area is 212 Å². The highest BCUT2D eigenvalue weighted by Gasteiger charge is 2.29. The normalized spacial score (nSPS) is 13.3.